The third-order valence-corrected chi connectivity index (χ3v) is 3.10. The van der Waals surface area contributed by atoms with Gasteiger partial charge in [0.15, 0.2) is 0 Å². The minimum absolute atomic E-state index is 0.0687. The first-order valence-corrected chi connectivity index (χ1v) is 6.62. The number of H-pyrrole nitrogens is 1. The fraction of sp³-hybridized carbons (Fsp3) is 0.692. The average Bonchev–Trinajstić information content (AvgIpc) is 2.77. The molecule has 5 heteroatoms. The van der Waals surface area contributed by atoms with E-state index in [0.717, 1.165) is 25.0 Å². The summed E-state index contributed by atoms with van der Waals surface area (Å²) in [5.74, 6) is 0.0687. The molecule has 102 valence electrons. The number of carbonyl (C=O) groups is 1. The largest absolute Gasteiger partial charge is 0.355 e. The molecule has 0 radical (unpaired) electrons. The molecule has 0 aliphatic rings. The van der Waals surface area contributed by atoms with Gasteiger partial charge in [-0.25, -0.2) is 0 Å². The van der Waals surface area contributed by atoms with Gasteiger partial charge in [-0.3, -0.25) is 9.89 Å². The molecule has 1 unspecified atom stereocenters. The van der Waals surface area contributed by atoms with Crippen LogP contribution in [0, 0.1) is 6.92 Å². The zero-order valence-electron chi connectivity index (χ0n) is 11.5. The van der Waals surface area contributed by atoms with E-state index in [1.54, 1.807) is 0 Å². The number of carbonyl (C=O) groups excluding carboxylic acids is 1. The third kappa shape index (κ3) is 5.31. The van der Waals surface area contributed by atoms with Crippen molar-refractivity contribution in [3.63, 3.8) is 0 Å². The summed E-state index contributed by atoms with van der Waals surface area (Å²) in [5, 5.41) is 13.0. The monoisotopic (exact) mass is 252 g/mol. The van der Waals surface area contributed by atoms with Crippen molar-refractivity contribution in [1.29, 1.82) is 0 Å². The van der Waals surface area contributed by atoms with Crippen molar-refractivity contribution in [2.75, 3.05) is 13.1 Å². The van der Waals surface area contributed by atoms with Crippen molar-refractivity contribution in [2.45, 2.75) is 46.1 Å². The Morgan fingerprint density at radius 2 is 2.33 bits per heavy atom. The summed E-state index contributed by atoms with van der Waals surface area (Å²) in [6.07, 6.45) is 4.77. The van der Waals surface area contributed by atoms with Gasteiger partial charge in [-0.1, -0.05) is 6.92 Å². The minimum atomic E-state index is 0.0687. The summed E-state index contributed by atoms with van der Waals surface area (Å²) in [7, 11) is 0. The second-order valence-corrected chi connectivity index (χ2v) is 4.66. The fourth-order valence-corrected chi connectivity index (χ4v) is 1.61. The number of nitrogens with zero attached hydrogens (tertiary/aromatic N) is 1. The Hall–Kier alpha value is -1.36. The summed E-state index contributed by atoms with van der Waals surface area (Å²) in [4.78, 5) is 11.5. The highest BCUT2D eigenvalue weighted by atomic mass is 16.1. The van der Waals surface area contributed by atoms with Gasteiger partial charge < -0.3 is 10.6 Å². The molecule has 1 rings (SSSR count). The second kappa shape index (κ2) is 7.87. The van der Waals surface area contributed by atoms with Gasteiger partial charge in [0.05, 0.1) is 12.7 Å². The Balaban J connectivity index is 2.07. The Labute approximate surface area is 109 Å². The number of nitrogens with one attached hydrogen (secondary N) is 3. The highest BCUT2D eigenvalue weighted by Gasteiger charge is 2.04. The lowest BCUT2D eigenvalue weighted by atomic mass is 10.1. The maximum atomic E-state index is 11.5. The molecule has 0 bridgehead atoms. The molecular formula is C13H24N4O. The molecule has 1 heterocycles. The van der Waals surface area contributed by atoms with E-state index in [1.807, 2.05) is 13.1 Å². The van der Waals surface area contributed by atoms with Gasteiger partial charge >= 0.3 is 0 Å². The van der Waals surface area contributed by atoms with E-state index in [-0.39, 0.29) is 5.91 Å². The molecule has 0 aromatic carbocycles. The molecule has 0 spiro atoms. The van der Waals surface area contributed by atoms with Gasteiger partial charge in [-0.05, 0) is 38.7 Å². The van der Waals surface area contributed by atoms with Crippen molar-refractivity contribution in [3.8, 4) is 0 Å². The Kier molecular flexibility index (Phi) is 6.43. The summed E-state index contributed by atoms with van der Waals surface area (Å²) in [6, 6.07) is 0.393. The predicted molar refractivity (Wildman–Crippen MR) is 72.4 cm³/mol. The number of hydrogen-bond donors (Lipinski definition) is 3. The molecule has 5 nitrogen and oxygen atoms in total. The first-order chi connectivity index (χ1) is 8.63. The lowest BCUT2D eigenvalue weighted by molar-refractivity contribution is -0.120. The number of aryl methyl sites for hydroxylation is 2. The molecule has 1 atom stereocenters. The van der Waals surface area contributed by atoms with Crippen molar-refractivity contribution in [3.05, 3.63) is 17.5 Å². The van der Waals surface area contributed by atoms with Crippen LogP contribution in [-0.4, -0.2) is 35.2 Å². The minimum Gasteiger partial charge on any atom is -0.355 e. The van der Waals surface area contributed by atoms with Gasteiger partial charge in [0, 0.05) is 18.3 Å². The molecule has 0 fully saturated rings. The maximum absolute atomic E-state index is 11.5. The molecule has 0 aliphatic carbocycles. The summed E-state index contributed by atoms with van der Waals surface area (Å²) in [6.45, 7) is 7.31. The van der Waals surface area contributed by atoms with E-state index in [1.165, 1.54) is 5.56 Å². The third-order valence-electron chi connectivity index (χ3n) is 3.10. The van der Waals surface area contributed by atoms with E-state index in [9.17, 15) is 4.79 Å². The van der Waals surface area contributed by atoms with Gasteiger partial charge in [0.25, 0.3) is 0 Å². The van der Waals surface area contributed by atoms with Crippen LogP contribution in [-0.2, 0) is 11.2 Å². The highest BCUT2D eigenvalue weighted by Crippen LogP contribution is 2.04. The summed E-state index contributed by atoms with van der Waals surface area (Å²) >= 11 is 0. The van der Waals surface area contributed by atoms with Crippen LogP contribution >= 0.6 is 0 Å². The van der Waals surface area contributed by atoms with Gasteiger partial charge in [-0.15, -0.1) is 0 Å². The Morgan fingerprint density at radius 3 is 2.94 bits per heavy atom. The van der Waals surface area contributed by atoms with Crippen LogP contribution in [0.2, 0.25) is 0 Å². The normalized spacial score (nSPS) is 12.4. The molecule has 18 heavy (non-hydrogen) atoms. The van der Waals surface area contributed by atoms with E-state index in [4.69, 9.17) is 0 Å². The molecular weight excluding hydrogens is 228 g/mol. The zero-order valence-corrected chi connectivity index (χ0v) is 11.5. The molecule has 1 amide bonds. The SMILES string of the molecule is CCC(C)NCC(=O)NCCCc1cn[nH]c1C. The van der Waals surface area contributed by atoms with Gasteiger partial charge in [0.1, 0.15) is 0 Å². The second-order valence-electron chi connectivity index (χ2n) is 4.66. The highest BCUT2D eigenvalue weighted by molar-refractivity contribution is 5.77. The van der Waals surface area contributed by atoms with Crippen molar-refractivity contribution >= 4 is 5.91 Å². The molecule has 0 aliphatic heterocycles. The predicted octanol–water partition coefficient (Wildman–Crippen LogP) is 1.16. The van der Waals surface area contributed by atoms with Crippen molar-refractivity contribution < 1.29 is 4.79 Å². The summed E-state index contributed by atoms with van der Waals surface area (Å²) in [5.41, 5.74) is 2.33. The smallest absolute Gasteiger partial charge is 0.233 e. The number of amides is 1. The molecule has 0 saturated heterocycles. The van der Waals surface area contributed by atoms with E-state index in [2.05, 4.69) is 34.7 Å². The van der Waals surface area contributed by atoms with Gasteiger partial charge in [-0.2, -0.15) is 5.10 Å². The van der Waals surface area contributed by atoms with E-state index in [0.29, 0.717) is 19.1 Å². The summed E-state index contributed by atoms with van der Waals surface area (Å²) < 4.78 is 0. The van der Waals surface area contributed by atoms with Gasteiger partial charge in [0.2, 0.25) is 5.91 Å². The molecule has 3 N–H and O–H groups in total. The lowest BCUT2D eigenvalue weighted by Crippen LogP contribution is -2.38. The standard InChI is InChI=1S/C13H24N4O/c1-4-10(2)15-9-13(18)14-7-5-6-12-8-16-17-11(12)3/h8,10,15H,4-7,9H2,1-3H3,(H,14,18)(H,16,17). The molecule has 0 saturated carbocycles. The topological polar surface area (TPSA) is 69.8 Å². The van der Waals surface area contributed by atoms with Crippen LogP contribution in [0.4, 0.5) is 0 Å². The first-order valence-electron chi connectivity index (χ1n) is 6.62. The maximum Gasteiger partial charge on any atom is 0.233 e. The van der Waals surface area contributed by atoms with E-state index >= 15 is 0 Å². The average molecular weight is 252 g/mol. The zero-order chi connectivity index (χ0) is 13.4. The first kappa shape index (κ1) is 14.7. The molecule has 1 aromatic heterocycles. The Bertz CT molecular complexity index is 362. The van der Waals surface area contributed by atoms with Crippen LogP contribution in [0.5, 0.6) is 0 Å². The van der Waals surface area contributed by atoms with Crippen molar-refractivity contribution in [1.82, 2.24) is 20.8 Å². The molecule has 1 aromatic rings. The number of aromatic amines is 1. The number of rotatable bonds is 8. The fourth-order valence-electron chi connectivity index (χ4n) is 1.61. The van der Waals surface area contributed by atoms with Crippen LogP contribution in [0.3, 0.4) is 0 Å². The van der Waals surface area contributed by atoms with Crippen LogP contribution < -0.4 is 10.6 Å². The number of aromatic nitrogens is 2. The van der Waals surface area contributed by atoms with Crippen LogP contribution in [0.1, 0.15) is 37.9 Å². The van der Waals surface area contributed by atoms with E-state index < -0.39 is 0 Å². The van der Waals surface area contributed by atoms with Crippen LogP contribution in [0.15, 0.2) is 6.20 Å². The van der Waals surface area contributed by atoms with Crippen molar-refractivity contribution in [2.24, 2.45) is 0 Å². The number of hydrogen-bond acceptors (Lipinski definition) is 3. The Morgan fingerprint density at radius 1 is 1.56 bits per heavy atom. The lowest BCUT2D eigenvalue weighted by Gasteiger charge is -2.11. The quantitative estimate of drug-likeness (QED) is 0.608. The van der Waals surface area contributed by atoms with Crippen LogP contribution in [0.25, 0.3) is 0 Å².